The number of H-pyrrole nitrogens is 1. The number of pyridine rings is 1. The fourth-order valence-corrected chi connectivity index (χ4v) is 3.37. The molecule has 0 aromatic carbocycles. The first kappa shape index (κ1) is 11.3. The van der Waals surface area contributed by atoms with E-state index in [0.717, 1.165) is 47.2 Å². The molecule has 6 heteroatoms. The maximum atomic E-state index is 5.93. The molecule has 3 aromatic heterocycles. The molecule has 0 radical (unpaired) electrons. The van der Waals surface area contributed by atoms with Crippen molar-refractivity contribution in [2.45, 2.75) is 19.9 Å². The largest absolute Gasteiger partial charge is 0.477 e. The summed E-state index contributed by atoms with van der Waals surface area (Å²) >= 11 is 0. The predicted octanol–water partition coefficient (Wildman–Crippen LogP) is 2.24. The van der Waals surface area contributed by atoms with Gasteiger partial charge in [-0.05, 0) is 18.4 Å². The summed E-state index contributed by atoms with van der Waals surface area (Å²) in [6, 6.07) is 3.99. The van der Waals surface area contributed by atoms with Gasteiger partial charge in [0.25, 0.3) is 0 Å². The molecule has 1 aliphatic carbocycles. The first-order valence-electron chi connectivity index (χ1n) is 7.24. The van der Waals surface area contributed by atoms with Gasteiger partial charge in [0.1, 0.15) is 0 Å². The molecule has 106 valence electrons. The van der Waals surface area contributed by atoms with E-state index in [1.807, 2.05) is 16.8 Å². The quantitative estimate of drug-likeness (QED) is 0.742. The minimum atomic E-state index is 0.319. The molecule has 21 heavy (non-hydrogen) atoms. The molecule has 6 nitrogen and oxygen atoms in total. The molecule has 2 unspecified atom stereocenters. The molecular formula is C15H15N5O. The van der Waals surface area contributed by atoms with Gasteiger partial charge in [-0.1, -0.05) is 6.92 Å². The second-order valence-electron chi connectivity index (χ2n) is 6.27. The van der Waals surface area contributed by atoms with Gasteiger partial charge in [0, 0.05) is 28.6 Å². The zero-order valence-electron chi connectivity index (χ0n) is 11.7. The summed E-state index contributed by atoms with van der Waals surface area (Å²) in [4.78, 5) is 4.27. The van der Waals surface area contributed by atoms with E-state index in [4.69, 9.17) is 9.84 Å². The molecule has 1 N–H and O–H groups in total. The lowest BCUT2D eigenvalue weighted by atomic mass is 10.1. The van der Waals surface area contributed by atoms with Crippen molar-refractivity contribution >= 4 is 11.0 Å². The second kappa shape index (κ2) is 3.63. The van der Waals surface area contributed by atoms with Crippen LogP contribution >= 0.6 is 0 Å². The minimum Gasteiger partial charge on any atom is -0.477 e. The van der Waals surface area contributed by atoms with Crippen LogP contribution in [0.15, 0.2) is 24.5 Å². The molecule has 2 aliphatic rings. The van der Waals surface area contributed by atoms with E-state index in [2.05, 4.69) is 22.1 Å². The van der Waals surface area contributed by atoms with Gasteiger partial charge in [-0.3, -0.25) is 5.10 Å². The molecule has 1 spiro atoms. The Morgan fingerprint density at radius 1 is 1.48 bits per heavy atom. The monoisotopic (exact) mass is 281 g/mol. The third-order valence-electron chi connectivity index (χ3n) is 4.94. The van der Waals surface area contributed by atoms with Crippen LogP contribution in [0.5, 0.6) is 5.88 Å². The molecule has 4 heterocycles. The fraction of sp³-hybridized carbons (Fsp3) is 0.400. The Labute approximate surface area is 121 Å². The molecule has 0 amide bonds. The number of nitrogens with one attached hydrogen (secondary N) is 1. The summed E-state index contributed by atoms with van der Waals surface area (Å²) in [5.74, 6) is 1.60. The average Bonchev–Trinajstić information content (AvgIpc) is 2.91. The van der Waals surface area contributed by atoms with Gasteiger partial charge in [0.05, 0.1) is 25.0 Å². The lowest BCUT2D eigenvalue weighted by Gasteiger charge is -2.24. The van der Waals surface area contributed by atoms with Crippen molar-refractivity contribution in [1.82, 2.24) is 25.0 Å². The maximum absolute atomic E-state index is 5.93. The summed E-state index contributed by atoms with van der Waals surface area (Å²) in [7, 11) is 0. The van der Waals surface area contributed by atoms with Crippen molar-refractivity contribution in [3.8, 4) is 17.1 Å². The van der Waals surface area contributed by atoms with Crippen molar-refractivity contribution in [2.24, 2.45) is 11.3 Å². The summed E-state index contributed by atoms with van der Waals surface area (Å²) in [5, 5.41) is 12.7. The normalized spacial score (nSPS) is 26.8. The predicted molar refractivity (Wildman–Crippen MR) is 76.8 cm³/mol. The van der Waals surface area contributed by atoms with Crippen molar-refractivity contribution in [3.05, 3.63) is 24.5 Å². The Bertz CT molecular complexity index is 851. The Kier molecular flexibility index (Phi) is 1.96. The van der Waals surface area contributed by atoms with Gasteiger partial charge in [0.2, 0.25) is 5.88 Å². The van der Waals surface area contributed by atoms with Gasteiger partial charge in [-0.2, -0.15) is 10.2 Å². The zero-order chi connectivity index (χ0) is 14.0. The van der Waals surface area contributed by atoms with Gasteiger partial charge in [-0.15, -0.1) is 0 Å². The molecular weight excluding hydrogens is 266 g/mol. The van der Waals surface area contributed by atoms with E-state index in [-0.39, 0.29) is 0 Å². The minimum absolute atomic E-state index is 0.319. The lowest BCUT2D eigenvalue weighted by molar-refractivity contribution is 0.138. The fourth-order valence-electron chi connectivity index (χ4n) is 3.37. The van der Waals surface area contributed by atoms with Crippen LogP contribution in [0.4, 0.5) is 0 Å². The van der Waals surface area contributed by atoms with E-state index >= 15 is 0 Å². The van der Waals surface area contributed by atoms with Crippen LogP contribution in [0.25, 0.3) is 22.3 Å². The number of aromatic amines is 1. The number of hydrogen-bond donors (Lipinski definition) is 1. The van der Waals surface area contributed by atoms with Gasteiger partial charge >= 0.3 is 0 Å². The Morgan fingerprint density at radius 2 is 2.38 bits per heavy atom. The van der Waals surface area contributed by atoms with Crippen molar-refractivity contribution in [3.63, 3.8) is 0 Å². The van der Waals surface area contributed by atoms with Crippen LogP contribution in [0.2, 0.25) is 0 Å². The number of nitrogens with zero attached hydrogens (tertiary/aromatic N) is 4. The Hall–Kier alpha value is -2.37. The Balaban J connectivity index is 1.61. The highest BCUT2D eigenvalue weighted by molar-refractivity contribution is 5.90. The van der Waals surface area contributed by atoms with Gasteiger partial charge in [-0.25, -0.2) is 9.67 Å². The number of hydrogen-bond acceptors (Lipinski definition) is 4. The van der Waals surface area contributed by atoms with Gasteiger partial charge in [0.15, 0.2) is 5.65 Å². The molecule has 2 atom stereocenters. The molecule has 1 saturated carbocycles. The summed E-state index contributed by atoms with van der Waals surface area (Å²) in [6.07, 6.45) is 4.81. The average molecular weight is 281 g/mol. The van der Waals surface area contributed by atoms with E-state index < -0.39 is 0 Å². The highest BCUT2D eigenvalue weighted by Crippen LogP contribution is 2.55. The SMILES string of the molecule is CC1CC12COc1cc(-c3ccnc4[nH]ncc34)nn1C2. The first-order valence-corrected chi connectivity index (χ1v) is 7.24. The zero-order valence-corrected chi connectivity index (χ0v) is 11.7. The molecule has 0 saturated heterocycles. The van der Waals surface area contributed by atoms with Crippen molar-refractivity contribution in [2.75, 3.05) is 6.61 Å². The summed E-state index contributed by atoms with van der Waals surface area (Å²) in [5.41, 5.74) is 3.06. The molecule has 3 aromatic rings. The third-order valence-corrected chi connectivity index (χ3v) is 4.94. The summed E-state index contributed by atoms with van der Waals surface area (Å²) < 4.78 is 7.94. The standard InChI is InChI=1S/C15H15N5O/c1-9-5-15(9)7-20-13(21-8-15)4-12(19-20)10-2-3-16-14-11(10)6-17-18-14/h2-4,6,9H,5,7-8H2,1H3,(H,16,17,18). The molecule has 5 rings (SSSR count). The Morgan fingerprint density at radius 3 is 3.24 bits per heavy atom. The summed E-state index contributed by atoms with van der Waals surface area (Å²) in [6.45, 7) is 4.07. The maximum Gasteiger partial charge on any atom is 0.212 e. The first-order chi connectivity index (χ1) is 10.3. The molecule has 1 aliphatic heterocycles. The van der Waals surface area contributed by atoms with Crippen molar-refractivity contribution in [1.29, 1.82) is 0 Å². The van der Waals surface area contributed by atoms with Gasteiger partial charge < -0.3 is 4.74 Å². The van der Waals surface area contributed by atoms with Crippen LogP contribution in [0, 0.1) is 11.3 Å². The highest BCUT2D eigenvalue weighted by Gasteiger charge is 2.54. The van der Waals surface area contributed by atoms with Crippen LogP contribution in [-0.2, 0) is 6.54 Å². The number of rotatable bonds is 1. The lowest BCUT2D eigenvalue weighted by Crippen LogP contribution is -2.28. The van der Waals surface area contributed by atoms with Crippen LogP contribution in [0.1, 0.15) is 13.3 Å². The molecule has 0 bridgehead atoms. The van der Waals surface area contributed by atoms with E-state index in [1.165, 1.54) is 6.42 Å². The highest BCUT2D eigenvalue weighted by atomic mass is 16.5. The topological polar surface area (TPSA) is 68.6 Å². The van der Waals surface area contributed by atoms with Crippen LogP contribution < -0.4 is 4.74 Å². The number of fused-ring (bicyclic) bond motifs is 2. The smallest absolute Gasteiger partial charge is 0.212 e. The molecule has 1 fully saturated rings. The van der Waals surface area contributed by atoms with E-state index in [9.17, 15) is 0 Å². The van der Waals surface area contributed by atoms with E-state index in [0.29, 0.717) is 5.41 Å². The van der Waals surface area contributed by atoms with Crippen LogP contribution in [0.3, 0.4) is 0 Å². The number of aromatic nitrogens is 5. The van der Waals surface area contributed by atoms with E-state index in [1.54, 1.807) is 12.4 Å². The number of ether oxygens (including phenoxy) is 1. The van der Waals surface area contributed by atoms with Crippen molar-refractivity contribution < 1.29 is 4.74 Å². The third kappa shape index (κ3) is 1.50. The van der Waals surface area contributed by atoms with Crippen LogP contribution in [-0.4, -0.2) is 31.6 Å². The second-order valence-corrected chi connectivity index (χ2v) is 6.27.